The van der Waals surface area contributed by atoms with Crippen LogP contribution in [-0.2, 0) is 0 Å². The number of furan rings is 3. The summed E-state index contributed by atoms with van der Waals surface area (Å²) < 4.78 is 30.5. The number of benzene rings is 6. The first-order valence-electron chi connectivity index (χ1n) is 23.8. The molecule has 3 aromatic heterocycles. The molecule has 0 fully saturated rings. The van der Waals surface area contributed by atoms with Crippen molar-refractivity contribution in [2.45, 2.75) is 141 Å². The van der Waals surface area contributed by atoms with E-state index >= 15 is 0 Å². The average molecular weight is 859 g/mol. The van der Waals surface area contributed by atoms with Crippen LogP contribution in [0.4, 0.5) is 0 Å². The number of unbranched alkanes of at least 4 members (excludes halogenated alkanes) is 7. The fourth-order valence-corrected chi connectivity index (χ4v) is 8.79. The van der Waals surface area contributed by atoms with Crippen molar-refractivity contribution >= 4 is 65.8 Å². The van der Waals surface area contributed by atoms with Crippen LogP contribution in [0.25, 0.3) is 65.8 Å². The fraction of sp³-hybridized carbons (Fsp3) is 0.390. The lowest BCUT2D eigenvalue weighted by atomic mass is 10.0. The van der Waals surface area contributed by atoms with Crippen LogP contribution >= 0.6 is 0 Å². The summed E-state index contributed by atoms with van der Waals surface area (Å²) in [4.78, 5) is 0. The fourth-order valence-electron chi connectivity index (χ4n) is 8.79. The largest absolute Gasteiger partial charge is 0.493 e. The van der Waals surface area contributed by atoms with Crippen molar-refractivity contribution in [3.8, 4) is 11.5 Å². The van der Waals surface area contributed by atoms with Crippen LogP contribution in [0, 0.1) is 69.2 Å². The van der Waals surface area contributed by atoms with Crippen LogP contribution in [0.1, 0.15) is 127 Å². The summed E-state index contributed by atoms with van der Waals surface area (Å²) in [6, 6.07) is 25.8. The Labute approximate surface area is 381 Å². The van der Waals surface area contributed by atoms with Crippen molar-refractivity contribution in [3.63, 3.8) is 0 Å². The first-order chi connectivity index (χ1) is 30.9. The minimum Gasteiger partial charge on any atom is -0.493 e. The number of aryl methyl sites for hydroxylation is 10. The van der Waals surface area contributed by atoms with Gasteiger partial charge in [0.25, 0.3) is 0 Å². The van der Waals surface area contributed by atoms with Gasteiger partial charge in [-0.1, -0.05) is 107 Å². The molecule has 0 aliphatic heterocycles. The van der Waals surface area contributed by atoms with E-state index in [-0.39, 0.29) is 0 Å². The third-order valence-electron chi connectivity index (χ3n) is 13.7. The van der Waals surface area contributed by atoms with E-state index in [9.17, 15) is 0 Å². The van der Waals surface area contributed by atoms with Crippen molar-refractivity contribution in [1.82, 2.24) is 0 Å². The molecular weight excluding hydrogens is 789 g/mol. The maximum atomic E-state index is 6.21. The monoisotopic (exact) mass is 859 g/mol. The summed E-state index contributed by atoms with van der Waals surface area (Å²) >= 11 is 0. The van der Waals surface area contributed by atoms with E-state index in [4.69, 9.17) is 22.7 Å². The summed E-state index contributed by atoms with van der Waals surface area (Å²) in [5, 5.41) is 7.21. The zero-order valence-electron chi connectivity index (χ0n) is 40.7. The first-order valence-corrected chi connectivity index (χ1v) is 23.8. The molecule has 0 spiro atoms. The van der Waals surface area contributed by atoms with Crippen LogP contribution in [0.2, 0.25) is 0 Å². The zero-order valence-corrected chi connectivity index (χ0v) is 40.7. The minimum absolute atomic E-state index is 0.782. The van der Waals surface area contributed by atoms with Gasteiger partial charge in [-0.2, -0.15) is 0 Å². The molecule has 0 saturated heterocycles. The van der Waals surface area contributed by atoms with Crippen molar-refractivity contribution < 1.29 is 22.7 Å². The van der Waals surface area contributed by atoms with Crippen molar-refractivity contribution in [1.29, 1.82) is 0 Å². The summed E-state index contributed by atoms with van der Waals surface area (Å²) in [6.45, 7) is 27.2. The Bertz CT molecular complexity index is 3000. The minimum atomic E-state index is 0.782. The third-order valence-corrected chi connectivity index (χ3v) is 13.7. The smallest absolute Gasteiger partial charge is 0.142 e. The number of fused-ring (bicyclic) bond motifs is 9. The molecule has 5 heteroatoms. The highest BCUT2D eigenvalue weighted by atomic mass is 16.5. The van der Waals surface area contributed by atoms with Gasteiger partial charge in [0.2, 0.25) is 0 Å². The molecule has 0 N–H and O–H groups in total. The Hall–Kier alpha value is -5.68. The summed E-state index contributed by atoms with van der Waals surface area (Å²) in [6.07, 6.45) is 11.2. The standard InChI is InChI=1S/C22H28O2.C21H26O2.C16H16O/c1-5-6-7-8-9-14-23-20-13-12-19-18-11-10-15(2)16(3)21(18)24-22(19)17(20)4;1-5-6-7-8-13-22-19-12-11-18-17-10-9-14(2)15(3)20(17)23-21(18)16(19)4;1-9-5-7-13-14-8-6-10(2)12(4)16(14)17-15(13)11(9)3/h10-13H,5-9,14H2,1-4H3;9-12H,5-8,13H2,1-4H3;5-8H,1-4H3. The summed E-state index contributed by atoms with van der Waals surface area (Å²) in [7, 11) is 0. The Balaban J connectivity index is 0.000000146. The molecule has 0 radical (unpaired) electrons. The van der Waals surface area contributed by atoms with Gasteiger partial charge in [-0.25, -0.2) is 0 Å². The van der Waals surface area contributed by atoms with Crippen LogP contribution in [0.15, 0.2) is 86.0 Å². The van der Waals surface area contributed by atoms with Gasteiger partial charge in [-0.15, -0.1) is 0 Å². The Kier molecular flexibility index (Phi) is 14.8. The molecule has 0 amide bonds. The predicted molar refractivity (Wildman–Crippen MR) is 272 cm³/mol. The lowest BCUT2D eigenvalue weighted by Gasteiger charge is -2.09. The van der Waals surface area contributed by atoms with Gasteiger partial charge in [0.05, 0.1) is 13.2 Å². The molecule has 64 heavy (non-hydrogen) atoms. The van der Waals surface area contributed by atoms with E-state index in [0.717, 1.165) is 82.2 Å². The molecular formula is C59H70O5. The van der Waals surface area contributed by atoms with E-state index in [1.54, 1.807) is 0 Å². The molecule has 0 unspecified atom stereocenters. The van der Waals surface area contributed by atoms with E-state index in [1.165, 1.54) is 122 Å². The molecule has 6 aromatic carbocycles. The van der Waals surface area contributed by atoms with Gasteiger partial charge in [0.15, 0.2) is 0 Å². The highest BCUT2D eigenvalue weighted by Gasteiger charge is 2.17. The molecule has 336 valence electrons. The highest BCUT2D eigenvalue weighted by molar-refractivity contribution is 6.09. The average Bonchev–Trinajstić information content (AvgIpc) is 4.00. The normalized spacial score (nSPS) is 11.5. The second-order valence-corrected chi connectivity index (χ2v) is 18.1. The molecule has 0 aliphatic carbocycles. The lowest BCUT2D eigenvalue weighted by molar-refractivity contribution is 0.302. The predicted octanol–water partition coefficient (Wildman–Crippen LogP) is 18.2. The first kappa shape index (κ1) is 46.3. The van der Waals surface area contributed by atoms with Gasteiger partial charge < -0.3 is 22.7 Å². The van der Waals surface area contributed by atoms with Gasteiger partial charge >= 0.3 is 0 Å². The number of ether oxygens (including phenoxy) is 2. The quantitative estimate of drug-likeness (QED) is 0.108. The van der Waals surface area contributed by atoms with Gasteiger partial charge in [0.1, 0.15) is 45.0 Å². The number of rotatable bonds is 13. The van der Waals surface area contributed by atoms with Gasteiger partial charge in [-0.3, -0.25) is 0 Å². The van der Waals surface area contributed by atoms with Crippen LogP contribution in [0.3, 0.4) is 0 Å². The summed E-state index contributed by atoms with van der Waals surface area (Å²) in [5.41, 5.74) is 18.2. The van der Waals surface area contributed by atoms with Gasteiger partial charge in [0, 0.05) is 43.4 Å². The Morgan fingerprint density at radius 2 is 0.547 bits per heavy atom. The van der Waals surface area contributed by atoms with Crippen LogP contribution in [-0.4, -0.2) is 13.2 Å². The third kappa shape index (κ3) is 9.41. The molecule has 0 atom stereocenters. The molecule has 0 saturated carbocycles. The summed E-state index contributed by atoms with van der Waals surface area (Å²) in [5.74, 6) is 1.90. The molecule has 3 heterocycles. The lowest BCUT2D eigenvalue weighted by Crippen LogP contribution is -1.98. The van der Waals surface area contributed by atoms with E-state index in [1.807, 2.05) is 0 Å². The number of hydrogen-bond acceptors (Lipinski definition) is 5. The van der Waals surface area contributed by atoms with Crippen molar-refractivity contribution in [2.24, 2.45) is 0 Å². The second kappa shape index (κ2) is 20.4. The van der Waals surface area contributed by atoms with Crippen LogP contribution < -0.4 is 9.47 Å². The van der Waals surface area contributed by atoms with Gasteiger partial charge in [-0.05, 0) is 151 Å². The van der Waals surface area contributed by atoms with Crippen LogP contribution in [0.5, 0.6) is 11.5 Å². The Morgan fingerprint density at radius 3 is 0.844 bits per heavy atom. The molecule has 0 aliphatic rings. The van der Waals surface area contributed by atoms with E-state index in [0.29, 0.717) is 0 Å². The molecule has 5 nitrogen and oxygen atoms in total. The molecule has 9 rings (SSSR count). The zero-order chi connectivity index (χ0) is 45.7. The Morgan fingerprint density at radius 1 is 0.297 bits per heavy atom. The topological polar surface area (TPSA) is 57.9 Å². The second-order valence-electron chi connectivity index (χ2n) is 18.1. The molecule has 0 bridgehead atoms. The highest BCUT2D eigenvalue weighted by Crippen LogP contribution is 2.39. The molecule has 9 aromatic rings. The maximum absolute atomic E-state index is 6.21. The number of hydrogen-bond donors (Lipinski definition) is 0. The van der Waals surface area contributed by atoms with Crippen molar-refractivity contribution in [3.05, 3.63) is 128 Å². The van der Waals surface area contributed by atoms with E-state index in [2.05, 4.69) is 156 Å². The van der Waals surface area contributed by atoms with E-state index < -0.39 is 0 Å². The SMILES string of the molecule is CCCCCCCOc1ccc2c(oc3c(C)c(C)ccc32)c1C.CCCCCCOc1ccc2c(oc3c(C)c(C)ccc32)c1C.Cc1ccc2c(oc3c(C)c(C)ccc32)c1C. The maximum Gasteiger partial charge on any atom is 0.142 e. The van der Waals surface area contributed by atoms with Crippen molar-refractivity contribution in [2.75, 3.05) is 13.2 Å².